The van der Waals surface area contributed by atoms with E-state index in [1.165, 1.54) is 0 Å². The number of methoxy groups -OCH3 is 1. The van der Waals surface area contributed by atoms with E-state index in [-0.39, 0.29) is 6.04 Å². The van der Waals surface area contributed by atoms with Crippen molar-refractivity contribution in [3.05, 3.63) is 29.3 Å². The molecular weight excluding hydrogens is 276 g/mol. The highest BCUT2D eigenvalue weighted by molar-refractivity contribution is 7.89. The van der Waals surface area contributed by atoms with Gasteiger partial charge < -0.3 is 10.1 Å². The van der Waals surface area contributed by atoms with E-state index in [2.05, 4.69) is 10.0 Å². The van der Waals surface area contributed by atoms with E-state index in [9.17, 15) is 8.42 Å². The molecule has 0 saturated carbocycles. The Kier molecular flexibility index (Phi) is 5.15. The molecule has 6 heteroatoms. The first-order chi connectivity index (χ1) is 9.54. The first-order valence-corrected chi connectivity index (χ1v) is 8.35. The zero-order valence-corrected chi connectivity index (χ0v) is 12.8. The lowest BCUT2D eigenvalue weighted by Gasteiger charge is -2.21. The molecular formula is C14H22N2O3S. The minimum absolute atomic E-state index is 0.141. The molecule has 0 aliphatic carbocycles. The van der Waals surface area contributed by atoms with Crippen molar-refractivity contribution in [3.63, 3.8) is 0 Å². The van der Waals surface area contributed by atoms with Crippen molar-refractivity contribution >= 4 is 10.0 Å². The number of sulfonamides is 1. The second kappa shape index (κ2) is 6.67. The summed E-state index contributed by atoms with van der Waals surface area (Å²) in [5, 5.41) is 3.26. The number of hydrogen-bond donors (Lipinski definition) is 2. The summed E-state index contributed by atoms with van der Waals surface area (Å²) < 4.78 is 32.7. The Bertz CT molecular complexity index is 558. The maximum Gasteiger partial charge on any atom is 0.241 e. The van der Waals surface area contributed by atoms with Gasteiger partial charge in [-0.25, -0.2) is 13.1 Å². The zero-order valence-electron chi connectivity index (χ0n) is 12.0. The maximum absolute atomic E-state index is 12.5. The Morgan fingerprint density at radius 2 is 2.25 bits per heavy atom. The van der Waals surface area contributed by atoms with Crippen LogP contribution in [0.3, 0.4) is 0 Å². The number of fused-ring (bicyclic) bond motifs is 1. The zero-order chi connectivity index (χ0) is 14.6. The third kappa shape index (κ3) is 3.58. The maximum atomic E-state index is 12.5. The molecule has 0 bridgehead atoms. The summed E-state index contributed by atoms with van der Waals surface area (Å²) in [5.41, 5.74) is 2.02. The van der Waals surface area contributed by atoms with Gasteiger partial charge in [0.2, 0.25) is 10.0 Å². The summed E-state index contributed by atoms with van der Waals surface area (Å²) in [5.74, 6) is 0. The fourth-order valence-corrected chi connectivity index (χ4v) is 4.02. The highest BCUT2D eigenvalue weighted by Crippen LogP contribution is 2.23. The molecule has 0 fully saturated rings. The van der Waals surface area contributed by atoms with Crippen LogP contribution in [-0.2, 0) is 27.7 Å². The summed E-state index contributed by atoms with van der Waals surface area (Å²) in [6, 6.07) is 5.34. The minimum Gasteiger partial charge on any atom is -0.385 e. The van der Waals surface area contributed by atoms with Crippen molar-refractivity contribution in [2.45, 2.75) is 37.2 Å². The lowest BCUT2D eigenvalue weighted by atomic mass is 10.0. The van der Waals surface area contributed by atoms with Crippen LogP contribution in [-0.4, -0.2) is 34.7 Å². The molecule has 1 atom stereocenters. The van der Waals surface area contributed by atoms with Gasteiger partial charge in [-0.3, -0.25) is 0 Å². The standard InChI is InChI=1S/C14H22N2O3S/c1-11(7-9-19-2)16-20(17,18)14-5-3-4-12-10-15-8-6-13(12)14/h3-5,11,15-16H,6-10H2,1-2H3. The predicted octanol–water partition coefficient (Wildman–Crippen LogP) is 1.04. The first kappa shape index (κ1) is 15.4. The Morgan fingerprint density at radius 1 is 1.45 bits per heavy atom. The second-order valence-electron chi connectivity index (χ2n) is 5.12. The Balaban J connectivity index is 2.21. The Morgan fingerprint density at radius 3 is 3.00 bits per heavy atom. The Labute approximate surface area is 120 Å². The predicted molar refractivity (Wildman–Crippen MR) is 78.1 cm³/mol. The molecule has 112 valence electrons. The van der Waals surface area contributed by atoms with Crippen molar-refractivity contribution < 1.29 is 13.2 Å². The van der Waals surface area contributed by atoms with E-state index in [1.54, 1.807) is 19.2 Å². The van der Waals surface area contributed by atoms with E-state index in [4.69, 9.17) is 4.74 Å². The van der Waals surface area contributed by atoms with Gasteiger partial charge in [-0.05, 0) is 43.5 Å². The fraction of sp³-hybridized carbons (Fsp3) is 0.571. The molecule has 2 N–H and O–H groups in total. The highest BCUT2D eigenvalue weighted by atomic mass is 32.2. The van der Waals surface area contributed by atoms with E-state index in [1.807, 2.05) is 13.0 Å². The fourth-order valence-electron chi connectivity index (χ4n) is 2.43. The molecule has 1 heterocycles. The van der Waals surface area contributed by atoms with Crippen molar-refractivity contribution in [2.24, 2.45) is 0 Å². The largest absolute Gasteiger partial charge is 0.385 e. The number of ether oxygens (including phenoxy) is 1. The van der Waals surface area contributed by atoms with Crippen molar-refractivity contribution in [1.29, 1.82) is 0 Å². The van der Waals surface area contributed by atoms with Crippen LogP contribution in [0.5, 0.6) is 0 Å². The average Bonchev–Trinajstić information content (AvgIpc) is 2.44. The smallest absolute Gasteiger partial charge is 0.241 e. The van der Waals surface area contributed by atoms with E-state index in [0.29, 0.717) is 17.9 Å². The van der Waals surface area contributed by atoms with Gasteiger partial charge in [0.15, 0.2) is 0 Å². The van der Waals surface area contributed by atoms with Crippen LogP contribution in [0.1, 0.15) is 24.5 Å². The van der Waals surface area contributed by atoms with Gasteiger partial charge in [-0.2, -0.15) is 0 Å². The third-order valence-corrected chi connectivity index (χ3v) is 5.17. The van der Waals surface area contributed by atoms with Crippen molar-refractivity contribution in [2.75, 3.05) is 20.3 Å². The molecule has 1 aromatic rings. The van der Waals surface area contributed by atoms with Crippen LogP contribution in [0.2, 0.25) is 0 Å². The van der Waals surface area contributed by atoms with Crippen LogP contribution in [0.25, 0.3) is 0 Å². The molecule has 1 aromatic carbocycles. The number of hydrogen-bond acceptors (Lipinski definition) is 4. The summed E-state index contributed by atoms with van der Waals surface area (Å²) in [6.45, 7) is 3.95. The molecule has 1 unspecified atom stereocenters. The number of rotatable bonds is 6. The summed E-state index contributed by atoms with van der Waals surface area (Å²) >= 11 is 0. The SMILES string of the molecule is COCCC(C)NS(=O)(=O)c1cccc2c1CCNC2. The normalized spacial score (nSPS) is 16.7. The molecule has 0 aromatic heterocycles. The lowest BCUT2D eigenvalue weighted by Crippen LogP contribution is -2.35. The van der Waals surface area contributed by atoms with Gasteiger partial charge in [0, 0.05) is 26.3 Å². The van der Waals surface area contributed by atoms with Crippen LogP contribution >= 0.6 is 0 Å². The molecule has 2 rings (SSSR count). The molecule has 0 saturated heterocycles. The van der Waals surface area contributed by atoms with E-state index in [0.717, 1.165) is 30.6 Å². The number of nitrogens with one attached hydrogen (secondary N) is 2. The highest BCUT2D eigenvalue weighted by Gasteiger charge is 2.23. The van der Waals surface area contributed by atoms with Gasteiger partial charge >= 0.3 is 0 Å². The summed E-state index contributed by atoms with van der Waals surface area (Å²) in [4.78, 5) is 0.417. The monoisotopic (exact) mass is 298 g/mol. The van der Waals surface area contributed by atoms with Crippen LogP contribution in [0.4, 0.5) is 0 Å². The van der Waals surface area contributed by atoms with Crippen LogP contribution in [0, 0.1) is 0 Å². The van der Waals surface area contributed by atoms with Gasteiger partial charge in [-0.15, -0.1) is 0 Å². The van der Waals surface area contributed by atoms with Crippen molar-refractivity contribution in [1.82, 2.24) is 10.0 Å². The van der Waals surface area contributed by atoms with Gasteiger partial charge in [0.25, 0.3) is 0 Å². The second-order valence-corrected chi connectivity index (χ2v) is 6.81. The van der Waals surface area contributed by atoms with Gasteiger partial charge in [0.05, 0.1) is 4.90 Å². The first-order valence-electron chi connectivity index (χ1n) is 6.87. The third-order valence-electron chi connectivity index (χ3n) is 3.50. The Hall–Kier alpha value is -0.950. The molecule has 0 spiro atoms. The van der Waals surface area contributed by atoms with E-state index < -0.39 is 10.0 Å². The quantitative estimate of drug-likeness (QED) is 0.823. The van der Waals surface area contributed by atoms with E-state index >= 15 is 0 Å². The van der Waals surface area contributed by atoms with Crippen LogP contribution in [0.15, 0.2) is 23.1 Å². The lowest BCUT2D eigenvalue weighted by molar-refractivity contribution is 0.188. The summed E-state index contributed by atoms with van der Waals surface area (Å²) in [6.07, 6.45) is 1.41. The molecule has 5 nitrogen and oxygen atoms in total. The van der Waals surface area contributed by atoms with Crippen molar-refractivity contribution in [3.8, 4) is 0 Å². The van der Waals surface area contributed by atoms with Gasteiger partial charge in [-0.1, -0.05) is 12.1 Å². The minimum atomic E-state index is -3.46. The summed E-state index contributed by atoms with van der Waals surface area (Å²) in [7, 11) is -1.85. The average molecular weight is 298 g/mol. The molecule has 1 aliphatic heterocycles. The van der Waals surface area contributed by atoms with Gasteiger partial charge in [0.1, 0.15) is 0 Å². The topological polar surface area (TPSA) is 67.4 Å². The number of benzene rings is 1. The van der Waals surface area contributed by atoms with Crippen LogP contribution < -0.4 is 10.0 Å². The molecule has 0 radical (unpaired) electrons. The molecule has 0 amide bonds. The molecule has 1 aliphatic rings. The molecule has 20 heavy (non-hydrogen) atoms.